The molecule has 4 heteroatoms. The highest BCUT2D eigenvalue weighted by atomic mass is 16.4. The molecule has 0 saturated heterocycles. The van der Waals surface area contributed by atoms with Gasteiger partial charge in [-0.15, -0.1) is 0 Å². The van der Waals surface area contributed by atoms with E-state index in [0.29, 0.717) is 32.1 Å². The second kappa shape index (κ2) is 7.33. The van der Waals surface area contributed by atoms with Gasteiger partial charge < -0.3 is 15.3 Å². The lowest BCUT2D eigenvalue weighted by molar-refractivity contribution is -0.141. The highest BCUT2D eigenvalue weighted by Crippen LogP contribution is 2.21. The van der Waals surface area contributed by atoms with Gasteiger partial charge >= 0.3 is 5.97 Å². The SMILES string of the molecule is C/C(O)=C\CCC(C)(O)CCCC(C)C(=O)O. The Morgan fingerprint density at radius 3 is 2.41 bits per heavy atom. The fourth-order valence-electron chi connectivity index (χ4n) is 1.63. The van der Waals surface area contributed by atoms with Crippen LogP contribution >= 0.6 is 0 Å². The predicted molar refractivity (Wildman–Crippen MR) is 66.9 cm³/mol. The summed E-state index contributed by atoms with van der Waals surface area (Å²) in [6, 6.07) is 0. The van der Waals surface area contributed by atoms with Crippen LogP contribution in [0.25, 0.3) is 0 Å². The van der Waals surface area contributed by atoms with Crippen molar-refractivity contribution < 1.29 is 20.1 Å². The molecular formula is C13H24O4. The molecule has 4 nitrogen and oxygen atoms in total. The molecule has 2 atom stereocenters. The molecule has 3 N–H and O–H groups in total. The van der Waals surface area contributed by atoms with Crippen molar-refractivity contribution >= 4 is 5.97 Å². The highest BCUT2D eigenvalue weighted by Gasteiger charge is 2.20. The number of rotatable bonds is 8. The predicted octanol–water partition coefficient (Wildman–Crippen LogP) is 2.87. The van der Waals surface area contributed by atoms with Crippen molar-refractivity contribution in [1.29, 1.82) is 0 Å². The van der Waals surface area contributed by atoms with Gasteiger partial charge in [-0.3, -0.25) is 4.79 Å². The van der Waals surface area contributed by atoms with Crippen molar-refractivity contribution in [2.45, 2.75) is 58.5 Å². The fraction of sp³-hybridized carbons (Fsp3) is 0.769. The zero-order valence-electron chi connectivity index (χ0n) is 10.9. The molecule has 0 radical (unpaired) electrons. The van der Waals surface area contributed by atoms with Gasteiger partial charge in [0.15, 0.2) is 0 Å². The quantitative estimate of drug-likeness (QED) is 0.574. The number of allylic oxidation sites excluding steroid dienone is 2. The molecule has 0 heterocycles. The lowest BCUT2D eigenvalue weighted by Crippen LogP contribution is -2.24. The molecule has 17 heavy (non-hydrogen) atoms. The zero-order chi connectivity index (χ0) is 13.5. The molecule has 0 saturated carbocycles. The lowest BCUT2D eigenvalue weighted by atomic mass is 9.91. The van der Waals surface area contributed by atoms with Crippen LogP contribution in [0.3, 0.4) is 0 Å². The summed E-state index contributed by atoms with van der Waals surface area (Å²) < 4.78 is 0. The summed E-state index contributed by atoms with van der Waals surface area (Å²) >= 11 is 0. The molecule has 0 spiro atoms. The minimum absolute atomic E-state index is 0.264. The molecule has 0 fully saturated rings. The van der Waals surface area contributed by atoms with Crippen LogP contribution in [0.5, 0.6) is 0 Å². The van der Waals surface area contributed by atoms with Crippen LogP contribution in [-0.4, -0.2) is 26.9 Å². The fourth-order valence-corrected chi connectivity index (χ4v) is 1.63. The van der Waals surface area contributed by atoms with E-state index in [0.717, 1.165) is 0 Å². The molecule has 0 aliphatic carbocycles. The van der Waals surface area contributed by atoms with Crippen molar-refractivity contribution in [1.82, 2.24) is 0 Å². The standard InChI is InChI=1S/C13H24O4/c1-10(12(15)16)6-4-8-13(3,17)9-5-7-11(2)14/h7,10,14,17H,4-6,8-9H2,1-3H3,(H,15,16)/b11-7+. The number of aliphatic hydroxyl groups is 2. The van der Waals surface area contributed by atoms with Crippen LogP contribution in [0.2, 0.25) is 0 Å². The summed E-state index contributed by atoms with van der Waals surface area (Å²) in [4.78, 5) is 10.6. The average Bonchev–Trinajstić information content (AvgIpc) is 2.15. The van der Waals surface area contributed by atoms with E-state index in [9.17, 15) is 9.90 Å². The van der Waals surface area contributed by atoms with E-state index >= 15 is 0 Å². The molecular weight excluding hydrogens is 220 g/mol. The number of hydrogen-bond acceptors (Lipinski definition) is 3. The molecule has 0 aromatic rings. The largest absolute Gasteiger partial charge is 0.513 e. The third-order valence-electron chi connectivity index (χ3n) is 2.90. The Hall–Kier alpha value is -1.03. The molecule has 0 aliphatic heterocycles. The van der Waals surface area contributed by atoms with E-state index in [-0.39, 0.29) is 11.7 Å². The first-order valence-corrected chi connectivity index (χ1v) is 6.05. The minimum atomic E-state index is -0.788. The summed E-state index contributed by atoms with van der Waals surface area (Å²) in [7, 11) is 0. The second-order valence-corrected chi connectivity index (χ2v) is 5.01. The number of carboxylic acids is 1. The molecule has 0 aliphatic rings. The van der Waals surface area contributed by atoms with E-state index in [1.807, 2.05) is 0 Å². The van der Waals surface area contributed by atoms with Crippen LogP contribution in [0.1, 0.15) is 52.9 Å². The van der Waals surface area contributed by atoms with Gasteiger partial charge in [-0.1, -0.05) is 6.92 Å². The maximum absolute atomic E-state index is 10.6. The summed E-state index contributed by atoms with van der Waals surface area (Å²) in [5.74, 6) is -0.880. The number of aliphatic carboxylic acids is 1. The van der Waals surface area contributed by atoms with Gasteiger partial charge in [0.2, 0.25) is 0 Å². The van der Waals surface area contributed by atoms with Crippen molar-refractivity contribution in [2.24, 2.45) is 5.92 Å². The van der Waals surface area contributed by atoms with Crippen molar-refractivity contribution in [3.05, 3.63) is 11.8 Å². The maximum Gasteiger partial charge on any atom is 0.306 e. The topological polar surface area (TPSA) is 77.8 Å². The van der Waals surface area contributed by atoms with Crippen molar-refractivity contribution in [3.63, 3.8) is 0 Å². The lowest BCUT2D eigenvalue weighted by Gasteiger charge is -2.23. The summed E-state index contributed by atoms with van der Waals surface area (Å²) in [5.41, 5.74) is -0.788. The van der Waals surface area contributed by atoms with Crippen LogP contribution < -0.4 is 0 Å². The Morgan fingerprint density at radius 2 is 1.94 bits per heavy atom. The Bertz CT molecular complexity index is 265. The first-order chi connectivity index (χ1) is 7.74. The molecule has 0 rings (SSSR count). The van der Waals surface area contributed by atoms with Gasteiger partial charge in [0, 0.05) is 0 Å². The van der Waals surface area contributed by atoms with Crippen LogP contribution in [0.4, 0.5) is 0 Å². The third kappa shape index (κ3) is 8.74. The number of carboxylic acid groups (broad SMARTS) is 1. The number of aliphatic hydroxyl groups excluding tert-OH is 1. The first kappa shape index (κ1) is 16.0. The average molecular weight is 244 g/mol. The smallest absolute Gasteiger partial charge is 0.306 e. The van der Waals surface area contributed by atoms with Gasteiger partial charge in [-0.05, 0) is 52.0 Å². The molecule has 2 unspecified atom stereocenters. The van der Waals surface area contributed by atoms with E-state index in [4.69, 9.17) is 10.2 Å². The number of carbonyl (C=O) groups is 1. The van der Waals surface area contributed by atoms with Crippen LogP contribution in [0.15, 0.2) is 11.8 Å². The Balaban J connectivity index is 3.85. The molecule has 0 bridgehead atoms. The van der Waals surface area contributed by atoms with Gasteiger partial charge in [-0.25, -0.2) is 0 Å². The summed E-state index contributed by atoms with van der Waals surface area (Å²) in [5, 5.41) is 27.7. The monoisotopic (exact) mass is 244 g/mol. The Morgan fingerprint density at radius 1 is 1.35 bits per heavy atom. The second-order valence-electron chi connectivity index (χ2n) is 5.01. The van der Waals surface area contributed by atoms with Gasteiger partial charge in [0.1, 0.15) is 0 Å². The molecule has 0 aromatic carbocycles. The minimum Gasteiger partial charge on any atom is -0.513 e. The summed E-state index contributed by atoms with van der Waals surface area (Å²) in [6.45, 7) is 5.02. The Kier molecular flexibility index (Phi) is 6.88. The molecule has 0 aromatic heterocycles. The third-order valence-corrected chi connectivity index (χ3v) is 2.90. The van der Waals surface area contributed by atoms with Gasteiger partial charge in [-0.2, -0.15) is 0 Å². The van der Waals surface area contributed by atoms with Crippen LogP contribution in [0, 0.1) is 5.92 Å². The van der Waals surface area contributed by atoms with Gasteiger partial charge in [0.05, 0.1) is 17.3 Å². The molecule has 100 valence electrons. The maximum atomic E-state index is 10.6. The van der Waals surface area contributed by atoms with E-state index in [1.165, 1.54) is 0 Å². The highest BCUT2D eigenvalue weighted by molar-refractivity contribution is 5.69. The Labute approximate surface area is 103 Å². The van der Waals surface area contributed by atoms with Crippen LogP contribution in [-0.2, 0) is 4.79 Å². The zero-order valence-corrected chi connectivity index (χ0v) is 10.9. The summed E-state index contributed by atoms with van der Waals surface area (Å²) in [6.07, 6.45) is 4.75. The van der Waals surface area contributed by atoms with Gasteiger partial charge in [0.25, 0.3) is 0 Å². The van der Waals surface area contributed by atoms with Crippen molar-refractivity contribution in [2.75, 3.05) is 0 Å². The van der Waals surface area contributed by atoms with Crippen molar-refractivity contribution in [3.8, 4) is 0 Å². The normalized spacial score (nSPS) is 17.5. The molecule has 0 amide bonds. The van der Waals surface area contributed by atoms with E-state index in [1.54, 1.807) is 26.8 Å². The first-order valence-electron chi connectivity index (χ1n) is 6.05. The number of hydrogen-bond donors (Lipinski definition) is 3. The van der Waals surface area contributed by atoms with E-state index in [2.05, 4.69) is 0 Å². The van der Waals surface area contributed by atoms with E-state index < -0.39 is 11.6 Å².